The Balaban J connectivity index is 2.98. The fourth-order valence-electron chi connectivity index (χ4n) is 1.14. The van der Waals surface area contributed by atoms with Crippen LogP contribution in [-0.2, 0) is 6.54 Å². The van der Waals surface area contributed by atoms with Crippen LogP contribution in [0.1, 0.15) is 5.56 Å². The molecule has 13 heavy (non-hydrogen) atoms. The SMILES string of the molecule is CNCc1ccc(OC)c(N=N)c1. The zero-order chi connectivity index (χ0) is 9.68. The zero-order valence-electron chi connectivity index (χ0n) is 7.79. The first-order valence-electron chi connectivity index (χ1n) is 4.00. The van der Waals surface area contributed by atoms with Crippen molar-refractivity contribution in [2.75, 3.05) is 14.2 Å². The monoisotopic (exact) mass is 179 g/mol. The minimum absolute atomic E-state index is 0.565. The van der Waals surface area contributed by atoms with Gasteiger partial charge in [-0.2, -0.15) is 5.11 Å². The first-order valence-corrected chi connectivity index (χ1v) is 4.00. The molecule has 70 valence electrons. The number of ether oxygens (including phenoxy) is 1. The van der Waals surface area contributed by atoms with Crippen LogP contribution in [-0.4, -0.2) is 14.2 Å². The number of nitrogens with one attached hydrogen (secondary N) is 2. The molecule has 4 heteroatoms. The Morgan fingerprint density at radius 1 is 1.54 bits per heavy atom. The van der Waals surface area contributed by atoms with Gasteiger partial charge in [-0.15, -0.1) is 0 Å². The molecule has 0 aliphatic heterocycles. The third-order valence-corrected chi connectivity index (χ3v) is 1.74. The van der Waals surface area contributed by atoms with Crippen molar-refractivity contribution in [3.63, 3.8) is 0 Å². The summed E-state index contributed by atoms with van der Waals surface area (Å²) in [6.07, 6.45) is 0. The van der Waals surface area contributed by atoms with E-state index in [1.54, 1.807) is 7.11 Å². The summed E-state index contributed by atoms with van der Waals surface area (Å²) in [6.45, 7) is 0.770. The van der Waals surface area contributed by atoms with Crippen LogP contribution in [0.25, 0.3) is 0 Å². The van der Waals surface area contributed by atoms with Crippen molar-refractivity contribution < 1.29 is 4.74 Å². The number of hydrogen-bond donors (Lipinski definition) is 2. The second-order valence-electron chi connectivity index (χ2n) is 2.65. The van der Waals surface area contributed by atoms with Crippen LogP contribution in [0.3, 0.4) is 0 Å². The first-order chi connectivity index (χ1) is 6.31. The molecule has 0 heterocycles. The van der Waals surface area contributed by atoms with Crippen molar-refractivity contribution in [3.05, 3.63) is 23.8 Å². The predicted octanol–water partition coefficient (Wildman–Crippen LogP) is 2.08. The van der Waals surface area contributed by atoms with Gasteiger partial charge in [-0.25, -0.2) is 5.53 Å². The molecule has 1 aromatic carbocycles. The molecule has 0 radical (unpaired) electrons. The van der Waals surface area contributed by atoms with Crippen LogP contribution in [0, 0.1) is 5.53 Å². The summed E-state index contributed by atoms with van der Waals surface area (Å²) in [6, 6.07) is 5.60. The lowest BCUT2D eigenvalue weighted by Gasteiger charge is -2.05. The number of rotatable bonds is 4. The highest BCUT2D eigenvalue weighted by atomic mass is 16.5. The molecular weight excluding hydrogens is 166 g/mol. The van der Waals surface area contributed by atoms with Crippen LogP contribution < -0.4 is 10.1 Å². The van der Waals surface area contributed by atoms with E-state index in [2.05, 4.69) is 10.4 Å². The van der Waals surface area contributed by atoms with Gasteiger partial charge in [0.05, 0.1) is 7.11 Å². The molecular formula is C9H13N3O. The quantitative estimate of drug-likeness (QED) is 0.695. The molecule has 0 aliphatic rings. The maximum Gasteiger partial charge on any atom is 0.146 e. The van der Waals surface area contributed by atoms with E-state index < -0.39 is 0 Å². The molecule has 0 bridgehead atoms. The smallest absolute Gasteiger partial charge is 0.146 e. The van der Waals surface area contributed by atoms with Crippen LogP contribution in [0.5, 0.6) is 5.75 Å². The van der Waals surface area contributed by atoms with E-state index >= 15 is 0 Å². The molecule has 2 N–H and O–H groups in total. The van der Waals surface area contributed by atoms with Gasteiger partial charge < -0.3 is 10.1 Å². The van der Waals surface area contributed by atoms with Gasteiger partial charge in [-0.3, -0.25) is 0 Å². The maximum absolute atomic E-state index is 6.94. The molecule has 0 spiro atoms. The minimum atomic E-state index is 0.565. The Hall–Kier alpha value is -1.42. The standard InChI is InChI=1S/C9H13N3O/c1-11-6-7-3-4-9(13-2)8(5-7)12-10/h3-5,10-11H,6H2,1-2H3. The van der Waals surface area contributed by atoms with E-state index in [-0.39, 0.29) is 0 Å². The van der Waals surface area contributed by atoms with Gasteiger partial charge in [0.2, 0.25) is 0 Å². The molecule has 0 saturated heterocycles. The Morgan fingerprint density at radius 2 is 2.31 bits per heavy atom. The van der Waals surface area contributed by atoms with E-state index in [1.165, 1.54) is 0 Å². The average Bonchev–Trinajstić information content (AvgIpc) is 2.18. The second-order valence-corrected chi connectivity index (χ2v) is 2.65. The fraction of sp³-hybridized carbons (Fsp3) is 0.333. The van der Waals surface area contributed by atoms with E-state index in [4.69, 9.17) is 10.3 Å². The van der Waals surface area contributed by atoms with Crippen LogP contribution >= 0.6 is 0 Å². The predicted molar refractivity (Wildman–Crippen MR) is 50.6 cm³/mol. The van der Waals surface area contributed by atoms with Crippen molar-refractivity contribution in [1.82, 2.24) is 5.32 Å². The highest BCUT2D eigenvalue weighted by Crippen LogP contribution is 2.27. The molecule has 0 fully saturated rings. The molecule has 0 aliphatic carbocycles. The van der Waals surface area contributed by atoms with Gasteiger partial charge in [0.25, 0.3) is 0 Å². The Morgan fingerprint density at radius 3 is 2.85 bits per heavy atom. The highest BCUT2D eigenvalue weighted by Gasteiger charge is 2.01. The molecule has 0 unspecified atom stereocenters. The third-order valence-electron chi connectivity index (χ3n) is 1.74. The lowest BCUT2D eigenvalue weighted by atomic mass is 10.2. The van der Waals surface area contributed by atoms with E-state index in [0.717, 1.165) is 12.1 Å². The second kappa shape index (κ2) is 4.57. The van der Waals surface area contributed by atoms with Gasteiger partial charge in [0.1, 0.15) is 11.4 Å². The van der Waals surface area contributed by atoms with Crippen molar-refractivity contribution >= 4 is 5.69 Å². The zero-order valence-corrected chi connectivity index (χ0v) is 7.79. The summed E-state index contributed by atoms with van der Waals surface area (Å²) in [5.41, 5.74) is 8.60. The van der Waals surface area contributed by atoms with E-state index in [0.29, 0.717) is 11.4 Å². The highest BCUT2D eigenvalue weighted by molar-refractivity contribution is 5.52. The van der Waals surface area contributed by atoms with Crippen molar-refractivity contribution in [2.24, 2.45) is 5.11 Å². The van der Waals surface area contributed by atoms with Gasteiger partial charge in [-0.05, 0) is 24.7 Å². The summed E-state index contributed by atoms with van der Waals surface area (Å²) in [7, 11) is 3.45. The molecule has 0 amide bonds. The normalized spacial score (nSPS) is 9.69. The molecule has 0 atom stereocenters. The van der Waals surface area contributed by atoms with Gasteiger partial charge in [0.15, 0.2) is 0 Å². The topological polar surface area (TPSA) is 57.5 Å². The largest absolute Gasteiger partial charge is 0.494 e. The summed E-state index contributed by atoms with van der Waals surface area (Å²) in [5, 5.41) is 6.41. The first kappa shape index (κ1) is 9.67. The number of hydrogen-bond acceptors (Lipinski definition) is 4. The van der Waals surface area contributed by atoms with E-state index in [1.807, 2.05) is 25.2 Å². The number of methoxy groups -OCH3 is 1. The maximum atomic E-state index is 6.94. The Bertz CT molecular complexity index is 299. The van der Waals surface area contributed by atoms with Crippen LogP contribution in [0.4, 0.5) is 5.69 Å². The molecule has 0 aromatic heterocycles. The Kier molecular flexibility index (Phi) is 3.40. The lowest BCUT2D eigenvalue weighted by molar-refractivity contribution is 0.415. The van der Waals surface area contributed by atoms with Crippen molar-refractivity contribution in [3.8, 4) is 5.75 Å². The number of benzene rings is 1. The average molecular weight is 179 g/mol. The Labute approximate surface area is 77.4 Å². The molecule has 0 saturated carbocycles. The van der Waals surface area contributed by atoms with Gasteiger partial charge in [0, 0.05) is 6.54 Å². The number of nitrogens with zero attached hydrogens (tertiary/aromatic N) is 1. The van der Waals surface area contributed by atoms with Gasteiger partial charge >= 0.3 is 0 Å². The van der Waals surface area contributed by atoms with Crippen molar-refractivity contribution in [2.45, 2.75) is 6.54 Å². The lowest BCUT2D eigenvalue weighted by Crippen LogP contribution is -2.04. The fourth-order valence-corrected chi connectivity index (χ4v) is 1.14. The summed E-state index contributed by atoms with van der Waals surface area (Å²) in [5.74, 6) is 0.634. The molecule has 1 rings (SSSR count). The summed E-state index contributed by atoms with van der Waals surface area (Å²) >= 11 is 0. The molecule has 4 nitrogen and oxygen atoms in total. The van der Waals surface area contributed by atoms with Crippen LogP contribution in [0.15, 0.2) is 23.3 Å². The van der Waals surface area contributed by atoms with Gasteiger partial charge in [-0.1, -0.05) is 6.07 Å². The molecule has 1 aromatic rings. The van der Waals surface area contributed by atoms with Crippen molar-refractivity contribution in [1.29, 1.82) is 5.53 Å². The summed E-state index contributed by atoms with van der Waals surface area (Å²) < 4.78 is 5.04. The summed E-state index contributed by atoms with van der Waals surface area (Å²) in [4.78, 5) is 0. The van der Waals surface area contributed by atoms with E-state index in [9.17, 15) is 0 Å². The third kappa shape index (κ3) is 2.26. The minimum Gasteiger partial charge on any atom is -0.494 e. The van der Waals surface area contributed by atoms with Crippen LogP contribution in [0.2, 0.25) is 0 Å².